The molecule has 15 heavy (non-hydrogen) atoms. The molecule has 76 valence electrons. The first kappa shape index (κ1) is 9.58. The summed E-state index contributed by atoms with van der Waals surface area (Å²) in [5.41, 5.74) is 1.91. The zero-order valence-corrected chi connectivity index (χ0v) is 8.48. The smallest absolute Gasteiger partial charge is 0.154 e. The summed E-state index contributed by atoms with van der Waals surface area (Å²) in [5, 5.41) is 18.8. The first-order valence-electron chi connectivity index (χ1n) is 4.54. The van der Waals surface area contributed by atoms with Crippen LogP contribution in [0.2, 0.25) is 0 Å². The molecule has 0 aliphatic rings. The van der Waals surface area contributed by atoms with Crippen LogP contribution in [0.1, 0.15) is 21.5 Å². The van der Waals surface area contributed by atoms with E-state index in [0.717, 1.165) is 10.9 Å². The molecule has 4 heteroatoms. The highest BCUT2D eigenvalue weighted by Crippen LogP contribution is 2.32. The molecule has 0 fully saturated rings. The third-order valence-corrected chi connectivity index (χ3v) is 2.72. The number of benzene rings is 1. The van der Waals surface area contributed by atoms with Gasteiger partial charge in [-0.3, -0.25) is 4.79 Å². The van der Waals surface area contributed by atoms with Crippen LogP contribution >= 0.6 is 0 Å². The number of aromatic nitrogens is 2. The number of carbonyl (C=O) groups is 1. The van der Waals surface area contributed by atoms with Crippen molar-refractivity contribution in [2.45, 2.75) is 13.8 Å². The lowest BCUT2D eigenvalue weighted by Crippen LogP contribution is -1.94. The summed E-state index contributed by atoms with van der Waals surface area (Å²) in [6.07, 6.45) is 3.74. The molecule has 0 atom stereocenters. The van der Waals surface area contributed by atoms with Gasteiger partial charge in [0.2, 0.25) is 0 Å². The van der Waals surface area contributed by atoms with Gasteiger partial charge >= 0.3 is 0 Å². The van der Waals surface area contributed by atoms with Gasteiger partial charge in [-0.15, -0.1) is 0 Å². The maximum Gasteiger partial charge on any atom is 0.154 e. The minimum Gasteiger partial charge on any atom is -0.507 e. The number of fused-ring (bicyclic) bond motifs is 1. The summed E-state index contributed by atoms with van der Waals surface area (Å²) < 4.78 is 0. The molecule has 0 unspecified atom stereocenters. The van der Waals surface area contributed by atoms with Crippen LogP contribution in [0.25, 0.3) is 10.8 Å². The number of carbonyl (C=O) groups excluding carboxylic acids is 1. The fourth-order valence-electron chi connectivity index (χ4n) is 1.66. The van der Waals surface area contributed by atoms with Gasteiger partial charge in [0, 0.05) is 10.8 Å². The predicted octanol–water partition coefficient (Wildman–Crippen LogP) is 1.76. The molecule has 0 aliphatic carbocycles. The Morgan fingerprint density at radius 3 is 2.33 bits per heavy atom. The molecule has 1 aromatic carbocycles. The Labute approximate surface area is 86.6 Å². The van der Waals surface area contributed by atoms with Gasteiger partial charge in [0.15, 0.2) is 6.29 Å². The van der Waals surface area contributed by atoms with E-state index in [2.05, 4.69) is 10.2 Å². The zero-order valence-electron chi connectivity index (χ0n) is 8.48. The second-order valence-electron chi connectivity index (χ2n) is 3.45. The first-order chi connectivity index (χ1) is 7.16. The van der Waals surface area contributed by atoms with Crippen molar-refractivity contribution in [1.82, 2.24) is 10.2 Å². The van der Waals surface area contributed by atoms with Gasteiger partial charge in [-0.05, 0) is 25.0 Å². The van der Waals surface area contributed by atoms with Crippen LogP contribution in [0, 0.1) is 13.8 Å². The molecule has 2 aromatic rings. The highest BCUT2D eigenvalue weighted by atomic mass is 16.3. The maximum atomic E-state index is 10.9. The third kappa shape index (κ3) is 1.26. The minimum absolute atomic E-state index is 0.0306. The van der Waals surface area contributed by atoms with Crippen LogP contribution in [0.3, 0.4) is 0 Å². The molecule has 0 saturated heterocycles. The number of aldehydes is 1. The second-order valence-corrected chi connectivity index (χ2v) is 3.45. The topological polar surface area (TPSA) is 63.1 Å². The van der Waals surface area contributed by atoms with Crippen LogP contribution in [-0.4, -0.2) is 21.6 Å². The van der Waals surface area contributed by atoms with E-state index in [0.29, 0.717) is 17.2 Å². The van der Waals surface area contributed by atoms with Crippen molar-refractivity contribution >= 4 is 17.1 Å². The van der Waals surface area contributed by atoms with Crippen molar-refractivity contribution < 1.29 is 9.90 Å². The summed E-state index contributed by atoms with van der Waals surface area (Å²) >= 11 is 0. The zero-order chi connectivity index (χ0) is 11.0. The summed E-state index contributed by atoms with van der Waals surface area (Å²) in [5.74, 6) is 0.0306. The number of aryl methyl sites for hydroxylation is 1. The van der Waals surface area contributed by atoms with Gasteiger partial charge in [-0.25, -0.2) is 0 Å². The first-order valence-corrected chi connectivity index (χ1v) is 4.54. The molecular formula is C11H10N2O2. The van der Waals surface area contributed by atoms with Crippen LogP contribution in [-0.2, 0) is 0 Å². The summed E-state index contributed by atoms with van der Waals surface area (Å²) in [7, 11) is 0. The Bertz CT molecular complexity index is 550. The average molecular weight is 202 g/mol. The van der Waals surface area contributed by atoms with Gasteiger partial charge in [-0.1, -0.05) is 0 Å². The average Bonchev–Trinajstić information content (AvgIpc) is 2.27. The lowest BCUT2D eigenvalue weighted by molar-refractivity contribution is 0.112. The Balaban J connectivity index is 3.04. The van der Waals surface area contributed by atoms with Crippen molar-refractivity contribution in [3.05, 3.63) is 29.1 Å². The highest BCUT2D eigenvalue weighted by molar-refractivity contribution is 6.02. The fourth-order valence-corrected chi connectivity index (χ4v) is 1.66. The van der Waals surface area contributed by atoms with Crippen LogP contribution in [0.5, 0.6) is 5.75 Å². The summed E-state index contributed by atoms with van der Waals surface area (Å²) in [6.45, 7) is 3.66. The lowest BCUT2D eigenvalue weighted by atomic mass is 9.98. The van der Waals surface area contributed by atoms with Crippen LogP contribution in [0.4, 0.5) is 0 Å². The van der Waals surface area contributed by atoms with E-state index < -0.39 is 0 Å². The minimum atomic E-state index is 0.0306. The largest absolute Gasteiger partial charge is 0.507 e. The predicted molar refractivity (Wildman–Crippen MR) is 56.1 cm³/mol. The number of phenols is 1. The lowest BCUT2D eigenvalue weighted by Gasteiger charge is -2.10. The van der Waals surface area contributed by atoms with E-state index in [1.165, 1.54) is 6.20 Å². The molecular weight excluding hydrogens is 192 g/mol. The van der Waals surface area contributed by atoms with Gasteiger partial charge < -0.3 is 5.11 Å². The number of hydrogen-bond acceptors (Lipinski definition) is 4. The monoisotopic (exact) mass is 202 g/mol. The SMILES string of the molecule is Cc1c(O)c(C=O)c2cnncc2c1C. The molecule has 1 heterocycles. The van der Waals surface area contributed by atoms with E-state index in [9.17, 15) is 9.90 Å². The molecule has 1 aromatic heterocycles. The van der Waals surface area contributed by atoms with E-state index in [1.54, 1.807) is 13.1 Å². The van der Waals surface area contributed by atoms with Gasteiger partial charge in [0.25, 0.3) is 0 Å². The molecule has 0 saturated carbocycles. The van der Waals surface area contributed by atoms with Gasteiger partial charge in [0.1, 0.15) is 5.75 Å². The molecule has 2 rings (SSSR count). The number of hydrogen-bond donors (Lipinski definition) is 1. The number of phenolic OH excluding ortho intramolecular Hbond substituents is 1. The van der Waals surface area contributed by atoms with E-state index >= 15 is 0 Å². The quantitative estimate of drug-likeness (QED) is 0.716. The Morgan fingerprint density at radius 1 is 1.13 bits per heavy atom. The molecule has 0 bridgehead atoms. The normalized spacial score (nSPS) is 10.5. The summed E-state index contributed by atoms with van der Waals surface area (Å²) in [6, 6.07) is 0. The van der Waals surface area contributed by atoms with Crippen molar-refractivity contribution in [3.8, 4) is 5.75 Å². The molecule has 1 N–H and O–H groups in total. The van der Waals surface area contributed by atoms with Gasteiger partial charge in [-0.2, -0.15) is 10.2 Å². The number of aromatic hydroxyl groups is 1. The molecule has 4 nitrogen and oxygen atoms in total. The van der Waals surface area contributed by atoms with Crippen molar-refractivity contribution in [1.29, 1.82) is 0 Å². The van der Waals surface area contributed by atoms with Crippen molar-refractivity contribution in [3.63, 3.8) is 0 Å². The Kier molecular flexibility index (Phi) is 2.11. The van der Waals surface area contributed by atoms with Crippen molar-refractivity contribution in [2.75, 3.05) is 0 Å². The molecule has 0 aliphatic heterocycles. The van der Waals surface area contributed by atoms with Crippen LogP contribution < -0.4 is 0 Å². The molecule has 0 amide bonds. The molecule has 0 spiro atoms. The van der Waals surface area contributed by atoms with Crippen molar-refractivity contribution in [2.24, 2.45) is 0 Å². The summed E-state index contributed by atoms with van der Waals surface area (Å²) in [4.78, 5) is 10.9. The molecule has 0 radical (unpaired) electrons. The second kappa shape index (κ2) is 3.31. The number of nitrogens with zero attached hydrogens (tertiary/aromatic N) is 2. The van der Waals surface area contributed by atoms with E-state index in [4.69, 9.17) is 0 Å². The number of rotatable bonds is 1. The Morgan fingerprint density at radius 2 is 1.73 bits per heavy atom. The van der Waals surface area contributed by atoms with E-state index in [1.807, 2.05) is 6.92 Å². The maximum absolute atomic E-state index is 10.9. The Hall–Kier alpha value is -1.97. The highest BCUT2D eigenvalue weighted by Gasteiger charge is 2.13. The fraction of sp³-hybridized carbons (Fsp3) is 0.182. The van der Waals surface area contributed by atoms with Crippen LogP contribution in [0.15, 0.2) is 12.4 Å². The van der Waals surface area contributed by atoms with Gasteiger partial charge in [0.05, 0.1) is 18.0 Å². The standard InChI is InChI=1S/C11H10N2O2/c1-6-7(2)11(15)10(5-14)9-4-13-12-3-8(6)9/h3-5,15H,1-2H3. The van der Waals surface area contributed by atoms with E-state index in [-0.39, 0.29) is 11.3 Å². The third-order valence-electron chi connectivity index (χ3n) is 2.72.